The Morgan fingerprint density at radius 2 is 1.93 bits per heavy atom. The molecule has 4 N–H and O–H groups in total. The Hall–Kier alpha value is -2.91. The number of carbonyl (C=O) groups is 1. The van der Waals surface area contributed by atoms with E-state index in [2.05, 4.69) is 25.6 Å². The van der Waals surface area contributed by atoms with Crippen LogP contribution in [0.4, 0.5) is 27.7 Å². The molecule has 0 saturated carbocycles. The van der Waals surface area contributed by atoms with Crippen molar-refractivity contribution in [3.05, 3.63) is 65.2 Å². The van der Waals surface area contributed by atoms with Crippen molar-refractivity contribution in [3.8, 4) is 0 Å². The second-order valence-corrected chi connectivity index (χ2v) is 7.01. The lowest BCUT2D eigenvalue weighted by atomic mass is 10.3. The second kappa shape index (κ2) is 9.34. The molecule has 28 heavy (non-hydrogen) atoms. The molecule has 2 aromatic carbocycles. The van der Waals surface area contributed by atoms with Crippen LogP contribution in [-0.2, 0) is 10.5 Å². The number of nitrogens with zero attached hydrogens (tertiary/aromatic N) is 3. The average molecular weight is 419 g/mol. The highest BCUT2D eigenvalue weighted by atomic mass is 35.5. The number of nitrogen functional groups attached to an aromatic ring is 1. The fraction of sp³-hybridized carbons (Fsp3) is 0.111. The summed E-state index contributed by atoms with van der Waals surface area (Å²) >= 11 is 7.07. The Balaban J connectivity index is 1.55. The van der Waals surface area contributed by atoms with Gasteiger partial charge in [-0.3, -0.25) is 4.79 Å². The first-order chi connectivity index (χ1) is 13.5. The number of halogens is 2. The van der Waals surface area contributed by atoms with E-state index in [1.807, 2.05) is 30.3 Å². The van der Waals surface area contributed by atoms with Crippen LogP contribution in [0.2, 0.25) is 5.02 Å². The van der Waals surface area contributed by atoms with Gasteiger partial charge < -0.3 is 16.4 Å². The van der Waals surface area contributed by atoms with Gasteiger partial charge in [-0.15, -0.1) is 11.8 Å². The molecular formula is C18H16ClFN6OS. The van der Waals surface area contributed by atoms with Crippen LogP contribution in [0, 0.1) is 5.82 Å². The third-order valence-corrected chi connectivity index (χ3v) is 4.56. The van der Waals surface area contributed by atoms with E-state index < -0.39 is 5.82 Å². The first kappa shape index (κ1) is 19.8. The lowest BCUT2D eigenvalue weighted by Gasteiger charge is -2.08. The van der Waals surface area contributed by atoms with Gasteiger partial charge in [-0.2, -0.15) is 15.0 Å². The van der Waals surface area contributed by atoms with E-state index in [0.717, 1.165) is 5.69 Å². The topological polar surface area (TPSA) is 106 Å². The summed E-state index contributed by atoms with van der Waals surface area (Å²) in [6, 6.07) is 13.4. The smallest absolute Gasteiger partial charge is 0.234 e. The Bertz CT molecular complexity index is 976. The minimum Gasteiger partial charge on any atom is -0.368 e. The van der Waals surface area contributed by atoms with Crippen LogP contribution in [-0.4, -0.2) is 26.6 Å². The van der Waals surface area contributed by atoms with Crippen molar-refractivity contribution >= 4 is 52.5 Å². The zero-order chi connectivity index (χ0) is 19.9. The first-order valence-corrected chi connectivity index (χ1v) is 9.68. The second-order valence-electron chi connectivity index (χ2n) is 5.59. The zero-order valence-corrected chi connectivity index (χ0v) is 16.1. The number of nitrogens with two attached hydrogens (primary N) is 1. The maximum absolute atomic E-state index is 13.7. The molecule has 0 radical (unpaired) electrons. The van der Waals surface area contributed by atoms with Crippen LogP contribution >= 0.6 is 23.4 Å². The minimum absolute atomic E-state index is 0.0388. The van der Waals surface area contributed by atoms with Crippen LogP contribution in [0.5, 0.6) is 0 Å². The van der Waals surface area contributed by atoms with Crippen LogP contribution in [0.25, 0.3) is 0 Å². The Kier molecular flexibility index (Phi) is 6.62. The molecule has 0 aliphatic heterocycles. The molecule has 1 amide bonds. The molecule has 3 aromatic rings. The van der Waals surface area contributed by atoms with Crippen molar-refractivity contribution in [1.29, 1.82) is 0 Å². The molecule has 0 saturated heterocycles. The van der Waals surface area contributed by atoms with Crippen molar-refractivity contribution in [2.24, 2.45) is 0 Å². The van der Waals surface area contributed by atoms with Gasteiger partial charge in [0, 0.05) is 10.7 Å². The van der Waals surface area contributed by atoms with Crippen molar-refractivity contribution in [2.45, 2.75) is 5.75 Å². The van der Waals surface area contributed by atoms with Crippen LogP contribution < -0.4 is 16.4 Å². The van der Waals surface area contributed by atoms with Crippen molar-refractivity contribution in [1.82, 2.24) is 15.0 Å². The molecule has 7 nitrogen and oxygen atoms in total. The molecular weight excluding hydrogens is 403 g/mol. The van der Waals surface area contributed by atoms with Gasteiger partial charge in [0.2, 0.25) is 17.8 Å². The quantitative estimate of drug-likeness (QED) is 0.534. The van der Waals surface area contributed by atoms with Gasteiger partial charge in [0.15, 0.2) is 0 Å². The van der Waals surface area contributed by atoms with E-state index in [-0.39, 0.29) is 23.3 Å². The van der Waals surface area contributed by atoms with Gasteiger partial charge in [-0.25, -0.2) is 4.39 Å². The molecule has 0 unspecified atom stereocenters. The van der Waals surface area contributed by atoms with Crippen LogP contribution in [0.3, 0.4) is 0 Å². The fourth-order valence-corrected chi connectivity index (χ4v) is 3.07. The van der Waals surface area contributed by atoms with Crippen LogP contribution in [0.1, 0.15) is 5.82 Å². The minimum atomic E-state index is -0.551. The van der Waals surface area contributed by atoms with E-state index in [9.17, 15) is 9.18 Å². The molecule has 0 bridgehead atoms. The van der Waals surface area contributed by atoms with Gasteiger partial charge in [-0.1, -0.05) is 29.8 Å². The highest BCUT2D eigenvalue weighted by Crippen LogP contribution is 2.20. The Morgan fingerprint density at radius 3 is 2.71 bits per heavy atom. The number of rotatable bonds is 7. The van der Waals surface area contributed by atoms with E-state index in [0.29, 0.717) is 22.5 Å². The number of para-hydroxylation sites is 1. The number of carbonyl (C=O) groups excluding carboxylic acids is 1. The predicted molar refractivity (Wildman–Crippen MR) is 110 cm³/mol. The van der Waals surface area contributed by atoms with Gasteiger partial charge in [-0.05, 0) is 30.3 Å². The molecule has 3 rings (SSSR count). The molecule has 0 spiro atoms. The lowest BCUT2D eigenvalue weighted by Crippen LogP contribution is -2.15. The Morgan fingerprint density at radius 1 is 1.14 bits per heavy atom. The number of hydrogen-bond acceptors (Lipinski definition) is 7. The Labute approximate surface area is 169 Å². The van der Waals surface area contributed by atoms with E-state index in [4.69, 9.17) is 17.3 Å². The van der Waals surface area contributed by atoms with Gasteiger partial charge in [0.1, 0.15) is 11.6 Å². The number of aromatic nitrogens is 3. The maximum atomic E-state index is 13.7. The van der Waals surface area contributed by atoms with E-state index in [1.54, 1.807) is 0 Å². The summed E-state index contributed by atoms with van der Waals surface area (Å²) in [5, 5.41) is 5.86. The normalized spacial score (nSPS) is 10.5. The molecule has 1 aromatic heterocycles. The third-order valence-electron chi connectivity index (χ3n) is 3.40. The predicted octanol–water partition coefficient (Wildman–Crippen LogP) is 3.86. The summed E-state index contributed by atoms with van der Waals surface area (Å²) < 4.78 is 13.7. The molecule has 0 aliphatic carbocycles. The van der Waals surface area contributed by atoms with E-state index in [1.165, 1.54) is 30.0 Å². The summed E-state index contributed by atoms with van der Waals surface area (Å²) in [4.78, 5) is 24.4. The number of nitrogens with one attached hydrogen (secondary N) is 2. The van der Waals surface area contributed by atoms with Gasteiger partial charge in [0.25, 0.3) is 0 Å². The third kappa shape index (κ3) is 5.80. The van der Waals surface area contributed by atoms with Crippen molar-refractivity contribution in [2.75, 3.05) is 22.1 Å². The standard InChI is InChI=1S/C18H16ClFN6OS/c19-11-6-7-13(20)14(8-11)23-16(27)10-28-9-15-24-17(21)26-18(25-15)22-12-4-2-1-3-5-12/h1-8H,9-10H2,(H,23,27)(H3,21,22,24,25,26). The summed E-state index contributed by atoms with van der Waals surface area (Å²) in [7, 11) is 0. The molecule has 10 heteroatoms. The molecule has 144 valence electrons. The van der Waals surface area contributed by atoms with Crippen molar-refractivity contribution < 1.29 is 9.18 Å². The molecule has 1 heterocycles. The summed E-state index contributed by atoms with van der Waals surface area (Å²) in [5.41, 5.74) is 6.59. The number of hydrogen-bond donors (Lipinski definition) is 3. The summed E-state index contributed by atoms with van der Waals surface area (Å²) in [6.07, 6.45) is 0. The zero-order valence-electron chi connectivity index (χ0n) is 14.5. The van der Waals surface area contributed by atoms with Crippen LogP contribution in [0.15, 0.2) is 48.5 Å². The lowest BCUT2D eigenvalue weighted by molar-refractivity contribution is -0.113. The number of thioether (sulfide) groups is 1. The van der Waals surface area contributed by atoms with E-state index >= 15 is 0 Å². The van der Waals surface area contributed by atoms with Crippen molar-refractivity contribution in [3.63, 3.8) is 0 Å². The monoisotopic (exact) mass is 418 g/mol. The van der Waals surface area contributed by atoms with Gasteiger partial charge in [0.05, 0.1) is 17.2 Å². The number of amides is 1. The summed E-state index contributed by atoms with van der Waals surface area (Å²) in [5.74, 6) is 0.327. The molecule has 0 atom stereocenters. The molecule has 0 fully saturated rings. The van der Waals surface area contributed by atoms with Gasteiger partial charge >= 0.3 is 0 Å². The summed E-state index contributed by atoms with van der Waals surface area (Å²) in [6.45, 7) is 0. The molecule has 0 aliphatic rings. The first-order valence-electron chi connectivity index (χ1n) is 8.15. The maximum Gasteiger partial charge on any atom is 0.234 e. The largest absolute Gasteiger partial charge is 0.368 e. The highest BCUT2D eigenvalue weighted by Gasteiger charge is 2.10. The number of anilines is 4. The number of benzene rings is 2. The average Bonchev–Trinajstić information content (AvgIpc) is 2.65. The SMILES string of the molecule is Nc1nc(CSCC(=O)Nc2cc(Cl)ccc2F)nc(Nc2ccccc2)n1. The fourth-order valence-electron chi connectivity index (χ4n) is 2.22. The highest BCUT2D eigenvalue weighted by molar-refractivity contribution is 7.99.